The van der Waals surface area contributed by atoms with Crippen molar-refractivity contribution in [3.05, 3.63) is 65.2 Å². The summed E-state index contributed by atoms with van der Waals surface area (Å²) in [5.41, 5.74) is 7.51. The second-order valence-electron chi connectivity index (χ2n) is 9.24. The number of nitrogens with two attached hydrogens (primary N) is 1. The minimum Gasteiger partial charge on any atom is -0.489 e. The Bertz CT molecular complexity index is 959. The smallest absolute Gasteiger partial charge is 0.356 e. The topological polar surface area (TPSA) is 89.6 Å². The molecule has 0 spiro atoms. The van der Waals surface area contributed by atoms with E-state index in [-0.39, 0.29) is 18.4 Å². The highest BCUT2D eigenvalue weighted by Gasteiger charge is 2.61. The zero-order valence-corrected chi connectivity index (χ0v) is 18.8. The maximum Gasteiger partial charge on any atom is 0.356 e. The Morgan fingerprint density at radius 3 is 2.48 bits per heavy atom. The molecule has 2 amide bonds. The molecular formula is C25H33N2O4+. The molecule has 6 heteroatoms. The van der Waals surface area contributed by atoms with Gasteiger partial charge in [-0.1, -0.05) is 50.2 Å². The van der Waals surface area contributed by atoms with Crippen molar-refractivity contribution < 1.29 is 24.2 Å². The lowest BCUT2D eigenvalue weighted by Crippen LogP contribution is -2.61. The minimum absolute atomic E-state index is 0.127. The Kier molecular flexibility index (Phi) is 6.53. The molecule has 3 rings (SSSR count). The largest absolute Gasteiger partial charge is 0.489 e. The van der Waals surface area contributed by atoms with Crippen molar-refractivity contribution in [1.29, 1.82) is 0 Å². The van der Waals surface area contributed by atoms with Gasteiger partial charge in [0.25, 0.3) is 5.91 Å². The molecule has 0 saturated carbocycles. The third-order valence-corrected chi connectivity index (χ3v) is 6.36. The van der Waals surface area contributed by atoms with Crippen LogP contribution >= 0.6 is 0 Å². The van der Waals surface area contributed by atoms with Crippen LogP contribution in [0.15, 0.2) is 48.5 Å². The quantitative estimate of drug-likeness (QED) is 0.496. The highest BCUT2D eigenvalue weighted by atomic mass is 16.6. The minimum atomic E-state index is -0.942. The zero-order valence-electron chi connectivity index (χ0n) is 18.8. The molecule has 0 aromatic heterocycles. The predicted octanol–water partition coefficient (Wildman–Crippen LogP) is 3.87. The molecule has 0 aliphatic carbocycles. The van der Waals surface area contributed by atoms with E-state index in [0.717, 1.165) is 22.4 Å². The van der Waals surface area contributed by atoms with Gasteiger partial charge in [-0.25, -0.2) is 10.0 Å². The van der Waals surface area contributed by atoms with Gasteiger partial charge in [0.05, 0.1) is 0 Å². The van der Waals surface area contributed by atoms with Crippen molar-refractivity contribution in [3.63, 3.8) is 0 Å². The van der Waals surface area contributed by atoms with Crippen molar-refractivity contribution >= 4 is 11.8 Å². The summed E-state index contributed by atoms with van der Waals surface area (Å²) in [7, 11) is 0. The number of carbonyl (C=O) groups excluding carboxylic acids is 2. The maximum absolute atomic E-state index is 13.5. The number of rotatable bonds is 8. The van der Waals surface area contributed by atoms with E-state index >= 15 is 0 Å². The van der Waals surface area contributed by atoms with Crippen LogP contribution in [0.5, 0.6) is 5.75 Å². The molecule has 0 radical (unpaired) electrons. The number of nitrogens with zero attached hydrogens (tertiary/aromatic N) is 1. The van der Waals surface area contributed by atoms with Crippen molar-refractivity contribution in [3.8, 4) is 5.75 Å². The van der Waals surface area contributed by atoms with Crippen LogP contribution in [0.1, 0.15) is 50.3 Å². The Balaban J connectivity index is 1.83. The molecule has 2 aromatic rings. The van der Waals surface area contributed by atoms with Crippen LogP contribution in [-0.4, -0.2) is 34.3 Å². The molecule has 6 nitrogen and oxygen atoms in total. The van der Waals surface area contributed by atoms with Gasteiger partial charge in [0, 0.05) is 12.8 Å². The molecule has 1 heterocycles. The summed E-state index contributed by atoms with van der Waals surface area (Å²) in [4.78, 5) is 25.6. The van der Waals surface area contributed by atoms with Crippen LogP contribution < -0.4 is 10.5 Å². The number of primary amides is 1. The van der Waals surface area contributed by atoms with E-state index in [4.69, 9.17) is 10.5 Å². The van der Waals surface area contributed by atoms with E-state index in [9.17, 15) is 14.8 Å². The first-order valence-electron chi connectivity index (χ1n) is 10.8. The average Bonchev–Trinajstić information content (AvgIpc) is 2.97. The summed E-state index contributed by atoms with van der Waals surface area (Å²) in [6, 6.07) is 14.6. The van der Waals surface area contributed by atoms with Gasteiger partial charge in [-0.05, 0) is 48.6 Å². The number of carbonyl (C=O) groups is 2. The van der Waals surface area contributed by atoms with E-state index in [2.05, 4.69) is 0 Å². The molecule has 1 aliphatic heterocycles. The Morgan fingerprint density at radius 2 is 1.90 bits per heavy atom. The molecule has 31 heavy (non-hydrogen) atoms. The lowest BCUT2D eigenvalue weighted by atomic mass is 9.78. The SMILES string of the molecule is Cc1cc(OCc2ccccc2)ccc1C1(C)CC[N@@+](O)(C(CC(C)C)C(N)=O)C1=O. The molecule has 3 N–H and O–H groups in total. The number of aryl methyl sites for hydroxylation is 1. The number of benzene rings is 2. The van der Waals surface area contributed by atoms with E-state index < -0.39 is 22.0 Å². The van der Waals surface area contributed by atoms with Gasteiger partial charge in [0.1, 0.15) is 24.3 Å². The Labute approximate surface area is 184 Å². The Morgan fingerprint density at radius 1 is 1.23 bits per heavy atom. The summed E-state index contributed by atoms with van der Waals surface area (Å²) in [6.45, 7) is 8.29. The summed E-state index contributed by atoms with van der Waals surface area (Å²) in [5, 5.41) is 11.3. The molecule has 1 fully saturated rings. The number of amides is 2. The predicted molar refractivity (Wildman–Crippen MR) is 118 cm³/mol. The van der Waals surface area contributed by atoms with Crippen molar-refractivity contribution in [2.75, 3.05) is 6.54 Å². The van der Waals surface area contributed by atoms with Gasteiger partial charge in [-0.3, -0.25) is 4.79 Å². The second kappa shape index (κ2) is 8.81. The fourth-order valence-electron chi connectivity index (χ4n) is 4.61. The first-order chi connectivity index (χ1) is 14.6. The van der Waals surface area contributed by atoms with Crippen LogP contribution in [0.2, 0.25) is 0 Å². The number of ether oxygens (including phenoxy) is 1. The highest BCUT2D eigenvalue weighted by Crippen LogP contribution is 2.42. The number of hydrogen-bond donors (Lipinski definition) is 2. The first kappa shape index (κ1) is 23.0. The highest BCUT2D eigenvalue weighted by molar-refractivity contribution is 5.88. The third-order valence-electron chi connectivity index (χ3n) is 6.36. The lowest BCUT2D eigenvalue weighted by molar-refractivity contribution is -1.05. The third kappa shape index (κ3) is 4.50. The van der Waals surface area contributed by atoms with Crippen LogP contribution in [0.3, 0.4) is 0 Å². The van der Waals surface area contributed by atoms with Gasteiger partial charge in [-0.2, -0.15) is 0 Å². The van der Waals surface area contributed by atoms with Crippen LogP contribution in [0, 0.1) is 12.8 Å². The molecule has 2 aromatic carbocycles. The van der Waals surface area contributed by atoms with E-state index in [0.29, 0.717) is 19.4 Å². The molecule has 1 aliphatic rings. The monoisotopic (exact) mass is 425 g/mol. The molecule has 3 atom stereocenters. The first-order valence-corrected chi connectivity index (χ1v) is 10.8. The van der Waals surface area contributed by atoms with Crippen LogP contribution in [-0.2, 0) is 21.6 Å². The number of likely N-dealkylation sites (tertiary alicyclic amines) is 1. The summed E-state index contributed by atoms with van der Waals surface area (Å²) >= 11 is 0. The Hall–Kier alpha value is -2.70. The van der Waals surface area contributed by atoms with Gasteiger partial charge in [-0.15, -0.1) is 4.65 Å². The normalized spacial score (nSPS) is 24.4. The maximum atomic E-state index is 13.5. The van der Waals surface area contributed by atoms with Gasteiger partial charge in [0.15, 0.2) is 0 Å². The molecule has 1 saturated heterocycles. The fraction of sp³-hybridized carbons (Fsp3) is 0.440. The number of hydrogen-bond acceptors (Lipinski definition) is 4. The standard InChI is InChI=1S/C25H32N2O4/c1-17(2)14-22(23(26)28)27(30)13-12-25(4,24(27)29)21-11-10-20(15-18(21)3)31-16-19-8-6-5-7-9-19/h5-11,15,17,22,30H,12-14,16H2,1-4H3,(H-,26,28)/p+1/t22?,25?,27-/m1/s1. The van der Waals surface area contributed by atoms with Gasteiger partial charge < -0.3 is 10.5 Å². The molecule has 166 valence electrons. The van der Waals surface area contributed by atoms with E-state index in [1.165, 1.54) is 0 Å². The van der Waals surface area contributed by atoms with Crippen LogP contribution in [0.25, 0.3) is 0 Å². The molecule has 0 bridgehead atoms. The average molecular weight is 426 g/mol. The number of hydroxylamine groups is 3. The molecular weight excluding hydrogens is 392 g/mol. The second-order valence-corrected chi connectivity index (χ2v) is 9.24. The van der Waals surface area contributed by atoms with Crippen LogP contribution in [0.4, 0.5) is 0 Å². The van der Waals surface area contributed by atoms with Gasteiger partial charge in [0.2, 0.25) is 6.04 Å². The van der Waals surface area contributed by atoms with Gasteiger partial charge >= 0.3 is 5.91 Å². The lowest BCUT2D eigenvalue weighted by Gasteiger charge is -2.32. The summed E-state index contributed by atoms with van der Waals surface area (Å²) in [6.07, 6.45) is 0.800. The molecule has 2 unspecified atom stereocenters. The number of quaternary nitrogens is 1. The van der Waals surface area contributed by atoms with E-state index in [1.54, 1.807) is 0 Å². The summed E-state index contributed by atoms with van der Waals surface area (Å²) < 4.78 is 4.98. The van der Waals surface area contributed by atoms with E-state index in [1.807, 2.05) is 76.2 Å². The van der Waals surface area contributed by atoms with Crippen molar-refractivity contribution in [2.24, 2.45) is 11.7 Å². The zero-order chi connectivity index (χ0) is 22.8. The fourth-order valence-corrected chi connectivity index (χ4v) is 4.61. The van der Waals surface area contributed by atoms with Crippen molar-refractivity contribution in [2.45, 2.75) is 58.6 Å². The summed E-state index contributed by atoms with van der Waals surface area (Å²) in [5.74, 6) is -0.172. The van der Waals surface area contributed by atoms with Crippen molar-refractivity contribution in [1.82, 2.24) is 0 Å².